The number of amides is 1. The molecule has 0 spiro atoms. The van der Waals surface area contributed by atoms with Crippen LogP contribution < -0.4 is 4.90 Å². The first kappa shape index (κ1) is 18.6. The third kappa shape index (κ3) is 5.16. The maximum absolute atomic E-state index is 12.4. The van der Waals surface area contributed by atoms with Crippen molar-refractivity contribution in [3.63, 3.8) is 0 Å². The van der Waals surface area contributed by atoms with E-state index in [0.29, 0.717) is 50.1 Å². The van der Waals surface area contributed by atoms with E-state index < -0.39 is 0 Å². The number of carbonyl (C=O) groups is 2. The summed E-state index contributed by atoms with van der Waals surface area (Å²) >= 11 is 0. The first-order chi connectivity index (χ1) is 13.2. The summed E-state index contributed by atoms with van der Waals surface area (Å²) in [6, 6.07) is 5.36. The second-order valence-corrected chi connectivity index (χ2v) is 6.07. The molecule has 1 saturated heterocycles. The predicted octanol–water partition coefficient (Wildman–Crippen LogP) is 1.54. The summed E-state index contributed by atoms with van der Waals surface area (Å²) < 4.78 is 10.2. The fraction of sp³-hybridized carbons (Fsp3) is 0.368. The molecule has 27 heavy (non-hydrogen) atoms. The van der Waals surface area contributed by atoms with Gasteiger partial charge in [-0.1, -0.05) is 0 Å². The van der Waals surface area contributed by atoms with Crippen LogP contribution in [0.3, 0.4) is 0 Å². The van der Waals surface area contributed by atoms with E-state index in [4.69, 9.17) is 4.42 Å². The van der Waals surface area contributed by atoms with Crippen molar-refractivity contribution < 1.29 is 18.7 Å². The van der Waals surface area contributed by atoms with Crippen LogP contribution in [0.2, 0.25) is 0 Å². The molecule has 142 valence electrons. The first-order valence-electron chi connectivity index (χ1n) is 8.80. The number of aromatic nitrogens is 2. The van der Waals surface area contributed by atoms with Crippen molar-refractivity contribution in [2.75, 3.05) is 38.2 Å². The van der Waals surface area contributed by atoms with Gasteiger partial charge in [-0.15, -0.1) is 0 Å². The zero-order valence-electron chi connectivity index (χ0n) is 15.2. The molecule has 0 aromatic carbocycles. The molecule has 2 aromatic rings. The minimum atomic E-state index is -0.279. The van der Waals surface area contributed by atoms with E-state index in [0.717, 1.165) is 0 Å². The Morgan fingerprint density at radius 3 is 2.63 bits per heavy atom. The lowest BCUT2D eigenvalue weighted by Gasteiger charge is -2.34. The number of hydrogen-bond donors (Lipinski definition) is 0. The van der Waals surface area contributed by atoms with Crippen LogP contribution in [0.5, 0.6) is 0 Å². The number of aryl methyl sites for hydroxylation is 1. The monoisotopic (exact) mass is 370 g/mol. The van der Waals surface area contributed by atoms with Crippen molar-refractivity contribution in [3.8, 4) is 0 Å². The van der Waals surface area contributed by atoms with E-state index in [1.807, 2.05) is 0 Å². The van der Waals surface area contributed by atoms with Crippen LogP contribution >= 0.6 is 0 Å². The highest BCUT2D eigenvalue weighted by Crippen LogP contribution is 2.13. The summed E-state index contributed by atoms with van der Waals surface area (Å²) in [6.45, 7) is 2.62. The predicted molar refractivity (Wildman–Crippen MR) is 98.9 cm³/mol. The summed E-state index contributed by atoms with van der Waals surface area (Å²) in [5.74, 6) is 1.62. The van der Waals surface area contributed by atoms with Gasteiger partial charge in [0.05, 0.1) is 13.5 Å². The molecule has 3 rings (SSSR count). The highest BCUT2D eigenvalue weighted by atomic mass is 16.5. The summed E-state index contributed by atoms with van der Waals surface area (Å²) in [4.78, 5) is 35.8. The van der Waals surface area contributed by atoms with Crippen molar-refractivity contribution in [1.82, 2.24) is 14.9 Å². The van der Waals surface area contributed by atoms with Crippen molar-refractivity contribution in [2.45, 2.75) is 12.8 Å². The molecule has 2 aromatic heterocycles. The maximum Gasteiger partial charge on any atom is 0.305 e. The molecule has 1 aliphatic rings. The Balaban J connectivity index is 1.48. The second kappa shape index (κ2) is 8.98. The zero-order chi connectivity index (χ0) is 19.1. The van der Waals surface area contributed by atoms with Crippen LogP contribution in [-0.2, 0) is 20.7 Å². The molecule has 8 heteroatoms. The normalized spacial score (nSPS) is 14.6. The molecule has 0 saturated carbocycles. The Morgan fingerprint density at radius 2 is 1.93 bits per heavy atom. The summed E-state index contributed by atoms with van der Waals surface area (Å²) in [5, 5.41) is 0. The molecule has 0 bridgehead atoms. The molecule has 0 atom stereocenters. The molecule has 8 nitrogen and oxygen atoms in total. The number of esters is 1. The number of carbonyl (C=O) groups excluding carboxylic acids is 2. The fourth-order valence-electron chi connectivity index (χ4n) is 2.79. The average Bonchev–Trinajstić information content (AvgIpc) is 3.19. The van der Waals surface area contributed by atoms with Crippen LogP contribution in [0.1, 0.15) is 17.9 Å². The van der Waals surface area contributed by atoms with Crippen molar-refractivity contribution in [1.29, 1.82) is 0 Å². The Hall–Kier alpha value is -3.16. The van der Waals surface area contributed by atoms with E-state index in [-0.39, 0.29) is 18.3 Å². The number of nitrogens with zero attached hydrogens (tertiary/aromatic N) is 4. The summed E-state index contributed by atoms with van der Waals surface area (Å²) in [7, 11) is 1.36. The molecular formula is C19H22N4O4. The van der Waals surface area contributed by atoms with Gasteiger partial charge in [-0.25, -0.2) is 9.97 Å². The molecule has 3 heterocycles. The lowest BCUT2D eigenvalue weighted by atomic mass is 10.2. The molecule has 0 N–H and O–H groups in total. The number of methoxy groups -OCH3 is 1. The van der Waals surface area contributed by atoms with Crippen molar-refractivity contribution in [2.24, 2.45) is 0 Å². The van der Waals surface area contributed by atoms with Gasteiger partial charge in [0, 0.05) is 51.1 Å². The smallest absolute Gasteiger partial charge is 0.305 e. The topological polar surface area (TPSA) is 88.8 Å². The molecule has 1 amide bonds. The first-order valence-corrected chi connectivity index (χ1v) is 8.80. The van der Waals surface area contributed by atoms with Gasteiger partial charge in [0.1, 0.15) is 11.5 Å². The Labute approximate surface area is 157 Å². The van der Waals surface area contributed by atoms with Gasteiger partial charge in [0.15, 0.2) is 0 Å². The van der Waals surface area contributed by atoms with E-state index in [1.165, 1.54) is 13.2 Å². The third-order valence-electron chi connectivity index (χ3n) is 4.30. The van der Waals surface area contributed by atoms with E-state index in [2.05, 4.69) is 19.6 Å². The lowest BCUT2D eigenvalue weighted by Crippen LogP contribution is -2.48. The fourth-order valence-corrected chi connectivity index (χ4v) is 2.79. The van der Waals surface area contributed by atoms with Gasteiger partial charge in [0.2, 0.25) is 11.9 Å². The largest absolute Gasteiger partial charge is 0.469 e. The highest BCUT2D eigenvalue weighted by molar-refractivity contribution is 5.91. The van der Waals surface area contributed by atoms with Crippen LogP contribution in [0.25, 0.3) is 6.08 Å². The van der Waals surface area contributed by atoms with E-state index >= 15 is 0 Å². The number of hydrogen-bond acceptors (Lipinski definition) is 7. The summed E-state index contributed by atoms with van der Waals surface area (Å²) in [5.41, 5.74) is 0. The SMILES string of the molecule is COC(=O)CCc1ccc(/C=C/C(=O)N2CCN(c3ncccn3)CC2)o1. The van der Waals surface area contributed by atoms with Crippen molar-refractivity contribution >= 4 is 23.9 Å². The zero-order valence-corrected chi connectivity index (χ0v) is 15.2. The lowest BCUT2D eigenvalue weighted by molar-refractivity contribution is -0.140. The van der Waals surface area contributed by atoms with Crippen LogP contribution in [-0.4, -0.2) is 60.0 Å². The summed E-state index contributed by atoms with van der Waals surface area (Å²) in [6.07, 6.45) is 7.32. The average molecular weight is 370 g/mol. The molecule has 0 radical (unpaired) electrons. The number of furan rings is 1. The van der Waals surface area contributed by atoms with Gasteiger partial charge in [-0.2, -0.15) is 0 Å². The minimum Gasteiger partial charge on any atom is -0.469 e. The van der Waals surface area contributed by atoms with E-state index in [1.54, 1.807) is 41.6 Å². The van der Waals surface area contributed by atoms with Gasteiger partial charge < -0.3 is 19.0 Å². The van der Waals surface area contributed by atoms with Gasteiger partial charge in [0.25, 0.3) is 0 Å². The molecule has 0 aliphatic carbocycles. The Kier molecular flexibility index (Phi) is 6.19. The molecule has 1 fully saturated rings. The molecular weight excluding hydrogens is 348 g/mol. The van der Waals surface area contributed by atoms with Gasteiger partial charge in [-0.05, 0) is 24.3 Å². The van der Waals surface area contributed by atoms with Gasteiger partial charge >= 0.3 is 5.97 Å². The van der Waals surface area contributed by atoms with Crippen LogP contribution in [0, 0.1) is 0 Å². The second-order valence-electron chi connectivity index (χ2n) is 6.07. The quantitative estimate of drug-likeness (QED) is 0.563. The Morgan fingerprint density at radius 1 is 1.19 bits per heavy atom. The van der Waals surface area contributed by atoms with Crippen molar-refractivity contribution in [3.05, 3.63) is 48.2 Å². The maximum atomic E-state index is 12.4. The van der Waals surface area contributed by atoms with Crippen LogP contribution in [0.15, 0.2) is 41.1 Å². The van der Waals surface area contributed by atoms with Gasteiger partial charge in [-0.3, -0.25) is 9.59 Å². The molecule has 0 unspecified atom stereocenters. The molecule has 1 aliphatic heterocycles. The highest BCUT2D eigenvalue weighted by Gasteiger charge is 2.21. The number of ether oxygens (including phenoxy) is 1. The third-order valence-corrected chi connectivity index (χ3v) is 4.30. The number of rotatable bonds is 6. The number of anilines is 1. The van der Waals surface area contributed by atoms with Crippen LogP contribution in [0.4, 0.5) is 5.95 Å². The van der Waals surface area contributed by atoms with E-state index in [9.17, 15) is 9.59 Å². The Bertz CT molecular complexity index is 795. The number of piperazine rings is 1. The standard InChI is InChI=1S/C19H22N4O4/c1-26-18(25)8-6-16-4-3-15(27-16)5-7-17(24)22-11-13-23(14-12-22)19-20-9-2-10-21-19/h2-5,7,9-10H,6,8,11-14H2,1H3/b7-5+. The minimum absolute atomic E-state index is 0.0591.